The Bertz CT molecular complexity index is 348. The Labute approximate surface area is 104 Å². The summed E-state index contributed by atoms with van der Waals surface area (Å²) >= 11 is 0. The van der Waals surface area contributed by atoms with Crippen LogP contribution in [0.3, 0.4) is 0 Å². The van der Waals surface area contributed by atoms with Crippen molar-refractivity contribution in [1.82, 2.24) is 10.2 Å². The first-order chi connectivity index (χ1) is 8.31. The van der Waals surface area contributed by atoms with E-state index in [0.717, 1.165) is 32.7 Å². The van der Waals surface area contributed by atoms with Gasteiger partial charge in [-0.05, 0) is 31.6 Å². The van der Waals surface area contributed by atoms with Gasteiger partial charge in [-0.1, -0.05) is 24.3 Å². The first-order valence-corrected chi connectivity index (χ1v) is 6.30. The smallest absolute Gasteiger partial charge is 0.0622 e. The molecule has 0 bridgehead atoms. The van der Waals surface area contributed by atoms with Crippen LogP contribution in [0.5, 0.6) is 0 Å². The minimum absolute atomic E-state index is 0.581. The number of rotatable bonds is 5. The summed E-state index contributed by atoms with van der Waals surface area (Å²) in [6.45, 7) is 3.73. The predicted molar refractivity (Wildman–Crippen MR) is 69.9 cm³/mol. The number of nitrogens with zero attached hydrogens (tertiary/aromatic N) is 1. The van der Waals surface area contributed by atoms with E-state index in [4.69, 9.17) is 4.74 Å². The number of likely N-dealkylation sites (N-methyl/N-ethyl adjacent to an activating group) is 1. The van der Waals surface area contributed by atoms with Crippen molar-refractivity contribution in [2.24, 2.45) is 0 Å². The summed E-state index contributed by atoms with van der Waals surface area (Å²) in [7, 11) is 4.18. The lowest BCUT2D eigenvalue weighted by Gasteiger charge is -2.24. The zero-order chi connectivity index (χ0) is 12.1. The average molecular weight is 234 g/mol. The van der Waals surface area contributed by atoms with E-state index >= 15 is 0 Å². The molecular formula is C14H22N2O. The quantitative estimate of drug-likeness (QED) is 0.838. The molecule has 0 aliphatic carbocycles. The monoisotopic (exact) mass is 234 g/mol. The second-order valence-corrected chi connectivity index (χ2v) is 4.73. The lowest BCUT2D eigenvalue weighted by molar-refractivity contribution is 0.156. The first kappa shape index (κ1) is 12.6. The highest BCUT2D eigenvalue weighted by Crippen LogP contribution is 2.16. The predicted octanol–water partition coefficient (Wildman–Crippen LogP) is 1.63. The van der Waals surface area contributed by atoms with Gasteiger partial charge in [0.15, 0.2) is 0 Å². The molecule has 0 amide bonds. The molecule has 2 rings (SSSR count). The SMILES string of the molecule is CNCc1ccccc1CN(C)C1CCOC1. The van der Waals surface area contributed by atoms with E-state index in [0.29, 0.717) is 6.04 Å². The van der Waals surface area contributed by atoms with Crippen molar-refractivity contribution in [3.63, 3.8) is 0 Å². The zero-order valence-corrected chi connectivity index (χ0v) is 10.8. The molecule has 1 unspecified atom stereocenters. The molecule has 0 saturated carbocycles. The van der Waals surface area contributed by atoms with Crippen molar-refractivity contribution in [3.05, 3.63) is 35.4 Å². The van der Waals surface area contributed by atoms with Gasteiger partial charge < -0.3 is 10.1 Å². The van der Waals surface area contributed by atoms with Gasteiger partial charge in [-0.25, -0.2) is 0 Å². The fourth-order valence-electron chi connectivity index (χ4n) is 2.34. The number of benzene rings is 1. The van der Waals surface area contributed by atoms with Crippen LogP contribution in [0.2, 0.25) is 0 Å². The Hall–Kier alpha value is -0.900. The number of nitrogens with one attached hydrogen (secondary N) is 1. The highest BCUT2D eigenvalue weighted by Gasteiger charge is 2.20. The summed E-state index contributed by atoms with van der Waals surface area (Å²) in [5, 5.41) is 3.22. The summed E-state index contributed by atoms with van der Waals surface area (Å²) in [5.74, 6) is 0. The Morgan fingerprint density at radius 3 is 2.76 bits per heavy atom. The normalized spacial score (nSPS) is 20.1. The fourth-order valence-corrected chi connectivity index (χ4v) is 2.34. The van der Waals surface area contributed by atoms with Gasteiger partial charge >= 0.3 is 0 Å². The highest BCUT2D eigenvalue weighted by atomic mass is 16.5. The van der Waals surface area contributed by atoms with E-state index in [9.17, 15) is 0 Å². The summed E-state index contributed by atoms with van der Waals surface area (Å²) in [6.07, 6.45) is 1.16. The summed E-state index contributed by atoms with van der Waals surface area (Å²) in [5.41, 5.74) is 2.80. The van der Waals surface area contributed by atoms with Gasteiger partial charge in [0.25, 0.3) is 0 Å². The van der Waals surface area contributed by atoms with Crippen molar-refractivity contribution in [3.8, 4) is 0 Å². The molecule has 94 valence electrons. The molecule has 1 aromatic carbocycles. The summed E-state index contributed by atoms with van der Waals surface area (Å²) < 4.78 is 5.44. The number of ether oxygens (including phenoxy) is 1. The van der Waals surface area contributed by atoms with Crippen molar-refractivity contribution in [2.45, 2.75) is 25.6 Å². The van der Waals surface area contributed by atoms with Gasteiger partial charge in [-0.3, -0.25) is 4.90 Å². The molecule has 1 fully saturated rings. The average Bonchev–Trinajstić information content (AvgIpc) is 2.85. The Morgan fingerprint density at radius 2 is 2.12 bits per heavy atom. The van der Waals surface area contributed by atoms with E-state index in [2.05, 4.69) is 41.5 Å². The van der Waals surface area contributed by atoms with Crippen LogP contribution in [-0.2, 0) is 17.8 Å². The molecular weight excluding hydrogens is 212 g/mol. The van der Waals surface area contributed by atoms with Crippen molar-refractivity contribution < 1.29 is 4.74 Å². The van der Waals surface area contributed by atoms with Gasteiger partial charge in [-0.2, -0.15) is 0 Å². The third kappa shape index (κ3) is 3.28. The molecule has 1 aromatic rings. The van der Waals surface area contributed by atoms with Crippen LogP contribution in [0.25, 0.3) is 0 Å². The first-order valence-electron chi connectivity index (χ1n) is 6.30. The van der Waals surface area contributed by atoms with Crippen LogP contribution in [-0.4, -0.2) is 38.3 Å². The summed E-state index contributed by atoms with van der Waals surface area (Å²) in [6, 6.07) is 9.23. The molecule has 3 nitrogen and oxygen atoms in total. The van der Waals surface area contributed by atoms with Crippen LogP contribution >= 0.6 is 0 Å². The molecule has 17 heavy (non-hydrogen) atoms. The molecule has 1 saturated heterocycles. The maximum Gasteiger partial charge on any atom is 0.0622 e. The number of hydrogen-bond acceptors (Lipinski definition) is 3. The van der Waals surface area contributed by atoms with Crippen molar-refractivity contribution in [1.29, 1.82) is 0 Å². The Morgan fingerprint density at radius 1 is 1.35 bits per heavy atom. The zero-order valence-electron chi connectivity index (χ0n) is 10.8. The van der Waals surface area contributed by atoms with Gasteiger partial charge in [0.2, 0.25) is 0 Å². The van der Waals surface area contributed by atoms with E-state index < -0.39 is 0 Å². The van der Waals surface area contributed by atoms with E-state index in [-0.39, 0.29) is 0 Å². The molecule has 0 aromatic heterocycles. The molecule has 3 heteroatoms. The van der Waals surface area contributed by atoms with Crippen molar-refractivity contribution >= 4 is 0 Å². The minimum Gasteiger partial charge on any atom is -0.380 e. The Kier molecular flexibility index (Phi) is 4.54. The lowest BCUT2D eigenvalue weighted by Crippen LogP contribution is -2.31. The fraction of sp³-hybridized carbons (Fsp3) is 0.571. The van der Waals surface area contributed by atoms with E-state index in [1.165, 1.54) is 11.1 Å². The summed E-state index contributed by atoms with van der Waals surface area (Å²) in [4.78, 5) is 2.40. The third-order valence-corrected chi connectivity index (χ3v) is 3.43. The molecule has 0 spiro atoms. The van der Waals surface area contributed by atoms with Crippen LogP contribution < -0.4 is 5.32 Å². The third-order valence-electron chi connectivity index (χ3n) is 3.43. The highest BCUT2D eigenvalue weighted by molar-refractivity contribution is 5.27. The van der Waals surface area contributed by atoms with Crippen LogP contribution in [0, 0.1) is 0 Å². The molecule has 1 atom stereocenters. The molecule has 0 radical (unpaired) electrons. The Balaban J connectivity index is 2.01. The maximum absolute atomic E-state index is 5.44. The standard InChI is InChI=1S/C14H22N2O/c1-15-9-12-5-3-4-6-13(12)10-16(2)14-7-8-17-11-14/h3-6,14-15H,7-11H2,1-2H3. The van der Waals surface area contributed by atoms with Gasteiger partial charge in [0.1, 0.15) is 0 Å². The lowest BCUT2D eigenvalue weighted by atomic mass is 10.1. The minimum atomic E-state index is 0.581. The second kappa shape index (κ2) is 6.15. The van der Waals surface area contributed by atoms with Crippen LogP contribution in [0.15, 0.2) is 24.3 Å². The van der Waals surface area contributed by atoms with E-state index in [1.807, 2.05) is 7.05 Å². The number of hydrogen-bond donors (Lipinski definition) is 1. The maximum atomic E-state index is 5.44. The van der Waals surface area contributed by atoms with E-state index in [1.54, 1.807) is 0 Å². The van der Waals surface area contributed by atoms with Crippen molar-refractivity contribution in [2.75, 3.05) is 27.3 Å². The second-order valence-electron chi connectivity index (χ2n) is 4.73. The van der Waals surface area contributed by atoms with Gasteiger partial charge in [0.05, 0.1) is 6.61 Å². The van der Waals surface area contributed by atoms with Gasteiger partial charge in [0, 0.05) is 25.7 Å². The van der Waals surface area contributed by atoms with Crippen LogP contribution in [0.1, 0.15) is 17.5 Å². The van der Waals surface area contributed by atoms with Gasteiger partial charge in [-0.15, -0.1) is 0 Å². The molecule has 1 aliphatic heterocycles. The molecule has 1 N–H and O–H groups in total. The molecule has 1 heterocycles. The molecule has 1 aliphatic rings. The largest absolute Gasteiger partial charge is 0.380 e. The topological polar surface area (TPSA) is 24.5 Å². The van der Waals surface area contributed by atoms with Crippen LogP contribution in [0.4, 0.5) is 0 Å².